The molecule has 1 aliphatic rings. The van der Waals surface area contributed by atoms with Crippen molar-refractivity contribution < 1.29 is 13.9 Å². The highest BCUT2D eigenvalue weighted by Crippen LogP contribution is 2.36. The van der Waals surface area contributed by atoms with Gasteiger partial charge in [-0.2, -0.15) is 0 Å². The summed E-state index contributed by atoms with van der Waals surface area (Å²) in [6.07, 6.45) is 3.50. The SMILES string of the molecule is C.CC#CCOc1cnc(C(=O)Cc2ccc(F)c([C@]3(C)CCSC(N)=N3)c2)cn1. The minimum absolute atomic E-state index is 0. The van der Waals surface area contributed by atoms with Crippen LogP contribution in [0.3, 0.4) is 0 Å². The molecule has 6 nitrogen and oxygen atoms in total. The van der Waals surface area contributed by atoms with E-state index in [1.807, 2.05) is 6.92 Å². The van der Waals surface area contributed by atoms with Crippen molar-refractivity contribution in [2.24, 2.45) is 10.7 Å². The summed E-state index contributed by atoms with van der Waals surface area (Å²) in [5.41, 5.74) is 6.45. The number of hydrogen-bond acceptors (Lipinski definition) is 7. The molecule has 1 aromatic heterocycles. The molecule has 2 N–H and O–H groups in total. The smallest absolute Gasteiger partial charge is 0.233 e. The van der Waals surface area contributed by atoms with E-state index in [1.54, 1.807) is 19.1 Å². The van der Waals surface area contributed by atoms with Crippen molar-refractivity contribution in [2.75, 3.05) is 12.4 Å². The van der Waals surface area contributed by atoms with Crippen LogP contribution >= 0.6 is 11.8 Å². The Morgan fingerprint density at radius 3 is 2.83 bits per heavy atom. The molecular weight excluding hydrogens is 403 g/mol. The Balaban J connectivity index is 0.00000320. The van der Waals surface area contributed by atoms with Gasteiger partial charge in [0.1, 0.15) is 11.5 Å². The van der Waals surface area contributed by atoms with Gasteiger partial charge in [0.2, 0.25) is 5.88 Å². The minimum atomic E-state index is -0.737. The largest absolute Gasteiger partial charge is 0.463 e. The number of aliphatic imine (C=N–C) groups is 1. The number of carbonyl (C=O) groups excluding carboxylic acids is 1. The van der Waals surface area contributed by atoms with Crippen molar-refractivity contribution in [3.8, 4) is 17.7 Å². The molecule has 0 amide bonds. The molecule has 1 aromatic carbocycles. The van der Waals surface area contributed by atoms with Crippen molar-refractivity contribution in [2.45, 2.75) is 39.7 Å². The van der Waals surface area contributed by atoms with Crippen LogP contribution in [0.15, 0.2) is 35.6 Å². The van der Waals surface area contributed by atoms with E-state index in [9.17, 15) is 9.18 Å². The predicted molar refractivity (Wildman–Crippen MR) is 118 cm³/mol. The highest BCUT2D eigenvalue weighted by molar-refractivity contribution is 8.13. The zero-order valence-corrected chi connectivity index (χ0v) is 17.1. The fourth-order valence-electron chi connectivity index (χ4n) is 2.97. The summed E-state index contributed by atoms with van der Waals surface area (Å²) in [5.74, 6) is 5.95. The third-order valence-electron chi connectivity index (χ3n) is 4.55. The standard InChI is InChI=1S/C21H21FN4O2S.CH4/c1-3-4-8-28-19-13-24-17(12-25-19)18(27)11-14-5-6-16(22)15(10-14)21(2)7-9-29-20(23)26-21;/h5-6,10,12-13H,7-9,11H2,1-2H3,(H2,23,26);1H4/t21-;/m0./s1. The van der Waals surface area contributed by atoms with Crippen LogP contribution in [-0.4, -0.2) is 33.3 Å². The van der Waals surface area contributed by atoms with Crippen LogP contribution in [0.4, 0.5) is 4.39 Å². The average Bonchev–Trinajstić information content (AvgIpc) is 2.70. The topological polar surface area (TPSA) is 90.5 Å². The lowest BCUT2D eigenvalue weighted by molar-refractivity contribution is 0.0987. The Hall–Kier alpha value is -2.92. The normalized spacial score (nSPS) is 17.8. The number of hydrogen-bond donors (Lipinski definition) is 1. The molecule has 1 atom stereocenters. The Labute approximate surface area is 180 Å². The van der Waals surface area contributed by atoms with Crippen molar-refractivity contribution in [3.63, 3.8) is 0 Å². The molecule has 0 saturated heterocycles. The third kappa shape index (κ3) is 5.57. The molecule has 158 valence electrons. The van der Waals surface area contributed by atoms with E-state index in [4.69, 9.17) is 10.5 Å². The van der Waals surface area contributed by atoms with Gasteiger partial charge in [-0.15, -0.1) is 5.92 Å². The molecule has 0 radical (unpaired) electrons. The number of benzene rings is 1. The van der Waals surface area contributed by atoms with Gasteiger partial charge in [0.05, 0.1) is 17.9 Å². The van der Waals surface area contributed by atoms with Crippen molar-refractivity contribution in [1.82, 2.24) is 9.97 Å². The van der Waals surface area contributed by atoms with Gasteiger partial charge in [0.25, 0.3) is 0 Å². The number of carbonyl (C=O) groups is 1. The second-order valence-corrected chi connectivity index (χ2v) is 7.81. The van der Waals surface area contributed by atoms with Gasteiger partial charge in [-0.05, 0) is 38.0 Å². The third-order valence-corrected chi connectivity index (χ3v) is 5.35. The van der Waals surface area contributed by atoms with Crippen LogP contribution in [0.25, 0.3) is 0 Å². The molecule has 0 aliphatic carbocycles. The van der Waals surface area contributed by atoms with E-state index in [-0.39, 0.29) is 37.7 Å². The summed E-state index contributed by atoms with van der Waals surface area (Å²) in [7, 11) is 0. The fraction of sp³-hybridized carbons (Fsp3) is 0.364. The lowest BCUT2D eigenvalue weighted by Crippen LogP contribution is -2.29. The van der Waals surface area contributed by atoms with Gasteiger partial charge in [0, 0.05) is 17.7 Å². The van der Waals surface area contributed by atoms with Crippen molar-refractivity contribution in [3.05, 3.63) is 53.2 Å². The lowest BCUT2D eigenvalue weighted by Gasteiger charge is -2.30. The number of nitrogens with zero attached hydrogens (tertiary/aromatic N) is 3. The second kappa shape index (κ2) is 10.2. The number of amidine groups is 1. The van der Waals surface area contributed by atoms with E-state index in [1.165, 1.54) is 30.2 Å². The molecule has 0 unspecified atom stereocenters. The molecule has 0 fully saturated rings. The van der Waals surface area contributed by atoms with Gasteiger partial charge in [0.15, 0.2) is 17.6 Å². The van der Waals surface area contributed by atoms with Crippen molar-refractivity contribution in [1.29, 1.82) is 0 Å². The summed E-state index contributed by atoms with van der Waals surface area (Å²) >= 11 is 1.46. The van der Waals surface area contributed by atoms with Gasteiger partial charge in [-0.25, -0.2) is 14.4 Å². The van der Waals surface area contributed by atoms with E-state index < -0.39 is 5.54 Å². The summed E-state index contributed by atoms with van der Waals surface area (Å²) < 4.78 is 19.8. The first kappa shape index (κ1) is 23.4. The molecule has 0 spiro atoms. The number of ketones is 1. The average molecular weight is 429 g/mol. The quantitative estimate of drug-likeness (QED) is 0.557. The maximum atomic E-state index is 14.5. The highest BCUT2D eigenvalue weighted by Gasteiger charge is 2.32. The molecular formula is C22H25FN4O2S. The van der Waals surface area contributed by atoms with Crippen LogP contribution < -0.4 is 10.5 Å². The number of thioether (sulfide) groups is 1. The lowest BCUT2D eigenvalue weighted by atomic mass is 9.87. The summed E-state index contributed by atoms with van der Waals surface area (Å²) in [6.45, 7) is 3.78. The van der Waals surface area contributed by atoms with Crippen LogP contribution in [0, 0.1) is 17.7 Å². The number of Topliss-reactive ketones (excluding diaryl/α,β-unsaturated/α-hetero) is 1. The Kier molecular flexibility index (Phi) is 7.95. The predicted octanol–water partition coefficient (Wildman–Crippen LogP) is 3.75. The van der Waals surface area contributed by atoms with E-state index in [0.29, 0.717) is 28.6 Å². The molecule has 0 bridgehead atoms. The maximum Gasteiger partial charge on any atom is 0.233 e. The monoisotopic (exact) mass is 428 g/mol. The summed E-state index contributed by atoms with van der Waals surface area (Å²) in [4.78, 5) is 25.2. The molecule has 30 heavy (non-hydrogen) atoms. The number of ether oxygens (including phenoxy) is 1. The zero-order valence-electron chi connectivity index (χ0n) is 16.2. The van der Waals surface area contributed by atoms with E-state index in [2.05, 4.69) is 26.8 Å². The Morgan fingerprint density at radius 2 is 2.17 bits per heavy atom. The van der Waals surface area contributed by atoms with E-state index >= 15 is 0 Å². The van der Waals surface area contributed by atoms with Crippen LogP contribution in [0.1, 0.15) is 49.3 Å². The molecule has 2 aromatic rings. The number of nitrogens with two attached hydrogens (primary N) is 1. The Morgan fingerprint density at radius 1 is 1.37 bits per heavy atom. The minimum Gasteiger partial charge on any atom is -0.463 e. The zero-order chi connectivity index (χ0) is 20.9. The molecule has 1 aliphatic heterocycles. The van der Waals surface area contributed by atoms with Gasteiger partial charge >= 0.3 is 0 Å². The molecule has 3 rings (SSSR count). The molecule has 0 saturated carbocycles. The Bertz CT molecular complexity index is 998. The summed E-state index contributed by atoms with van der Waals surface area (Å²) in [6, 6.07) is 4.65. The maximum absolute atomic E-state index is 14.5. The number of halogens is 1. The first-order chi connectivity index (χ1) is 13.9. The number of rotatable bonds is 6. The summed E-state index contributed by atoms with van der Waals surface area (Å²) in [5, 5.41) is 0.446. The molecule has 2 heterocycles. The van der Waals surface area contributed by atoms with Crippen LogP contribution in [-0.2, 0) is 12.0 Å². The molecule has 8 heteroatoms. The fourth-order valence-corrected chi connectivity index (χ4v) is 3.94. The van der Waals surface area contributed by atoms with Gasteiger partial charge in [-0.1, -0.05) is 31.2 Å². The van der Waals surface area contributed by atoms with Gasteiger partial charge in [-0.3, -0.25) is 9.79 Å². The highest BCUT2D eigenvalue weighted by atomic mass is 32.2. The second-order valence-electron chi connectivity index (χ2n) is 6.69. The van der Waals surface area contributed by atoms with Crippen LogP contribution in [0.5, 0.6) is 5.88 Å². The first-order valence-corrected chi connectivity index (χ1v) is 10.0. The van der Waals surface area contributed by atoms with Crippen LogP contribution in [0.2, 0.25) is 0 Å². The van der Waals surface area contributed by atoms with Crippen molar-refractivity contribution >= 4 is 22.7 Å². The van der Waals surface area contributed by atoms with Gasteiger partial charge < -0.3 is 10.5 Å². The first-order valence-electron chi connectivity index (χ1n) is 9.06. The number of aromatic nitrogens is 2. The van der Waals surface area contributed by atoms with E-state index in [0.717, 1.165) is 5.75 Å².